The van der Waals surface area contributed by atoms with Crippen molar-refractivity contribution in [2.24, 2.45) is 0 Å². The van der Waals surface area contributed by atoms with Gasteiger partial charge in [0.2, 0.25) is 0 Å². The molecule has 0 fully saturated rings. The summed E-state index contributed by atoms with van der Waals surface area (Å²) in [7, 11) is 0. The average molecular weight is 299 g/mol. The van der Waals surface area contributed by atoms with E-state index < -0.39 is 11.2 Å². The highest BCUT2D eigenvalue weighted by Crippen LogP contribution is 2.17. The van der Waals surface area contributed by atoms with Crippen LogP contribution >= 0.6 is 34.2 Å². The van der Waals surface area contributed by atoms with E-state index in [1.165, 1.54) is 12.1 Å². The summed E-state index contributed by atoms with van der Waals surface area (Å²) in [6.07, 6.45) is 0. The lowest BCUT2D eigenvalue weighted by Crippen LogP contribution is -2.03. The molecule has 2 nitrogen and oxygen atoms in total. The third-order valence-electron chi connectivity index (χ3n) is 1.16. The molecule has 1 amide bonds. The second-order valence-corrected chi connectivity index (χ2v) is 3.61. The van der Waals surface area contributed by atoms with E-state index in [0.29, 0.717) is 0 Å². The summed E-state index contributed by atoms with van der Waals surface area (Å²) >= 11 is 7.03. The maximum atomic E-state index is 12.9. The standard InChI is InChI=1S/C7H4ClFINO/c8-7(12)11-6-3-4(10)1-2-5(6)9/h1-3H,(H,11,12). The van der Waals surface area contributed by atoms with Crippen molar-refractivity contribution in [1.82, 2.24) is 0 Å². The molecular weight excluding hydrogens is 295 g/mol. The SMILES string of the molecule is O=C(Cl)Nc1cc(I)ccc1F. The fourth-order valence-corrected chi connectivity index (χ4v) is 1.29. The molecule has 1 aromatic carbocycles. The number of anilines is 1. The van der Waals surface area contributed by atoms with E-state index in [4.69, 9.17) is 11.6 Å². The van der Waals surface area contributed by atoms with Crippen LogP contribution in [0, 0.1) is 9.39 Å². The predicted octanol–water partition coefficient (Wildman–Crippen LogP) is 3.20. The lowest BCUT2D eigenvalue weighted by Gasteiger charge is -2.01. The van der Waals surface area contributed by atoms with Crippen LogP contribution in [0.3, 0.4) is 0 Å². The Morgan fingerprint density at radius 2 is 2.25 bits per heavy atom. The van der Waals surface area contributed by atoms with Crippen LogP contribution in [-0.2, 0) is 0 Å². The van der Waals surface area contributed by atoms with Gasteiger partial charge in [-0.15, -0.1) is 0 Å². The highest BCUT2D eigenvalue weighted by Gasteiger charge is 2.04. The molecule has 0 unspecified atom stereocenters. The van der Waals surface area contributed by atoms with Gasteiger partial charge in [0, 0.05) is 3.57 Å². The Morgan fingerprint density at radius 3 is 2.83 bits per heavy atom. The van der Waals surface area contributed by atoms with Gasteiger partial charge in [0.05, 0.1) is 5.69 Å². The lowest BCUT2D eigenvalue weighted by atomic mass is 10.3. The molecule has 0 bridgehead atoms. The Morgan fingerprint density at radius 1 is 1.58 bits per heavy atom. The van der Waals surface area contributed by atoms with Crippen molar-refractivity contribution < 1.29 is 9.18 Å². The number of carbonyl (C=O) groups is 1. The van der Waals surface area contributed by atoms with E-state index in [9.17, 15) is 9.18 Å². The Kier molecular flexibility index (Phi) is 3.28. The average Bonchev–Trinajstić information content (AvgIpc) is 1.96. The van der Waals surface area contributed by atoms with Crippen LogP contribution in [0.15, 0.2) is 18.2 Å². The van der Waals surface area contributed by atoms with Gasteiger partial charge in [-0.05, 0) is 52.4 Å². The molecule has 0 radical (unpaired) electrons. The van der Waals surface area contributed by atoms with Gasteiger partial charge in [-0.1, -0.05) is 0 Å². The van der Waals surface area contributed by atoms with Gasteiger partial charge in [-0.3, -0.25) is 4.79 Å². The molecule has 0 atom stereocenters. The van der Waals surface area contributed by atoms with Crippen molar-refractivity contribution in [3.05, 3.63) is 27.6 Å². The van der Waals surface area contributed by atoms with E-state index in [1.54, 1.807) is 6.07 Å². The molecule has 1 aromatic rings. The molecule has 0 aliphatic rings. The number of hydrogen-bond donors (Lipinski definition) is 1. The molecule has 0 heterocycles. The summed E-state index contributed by atoms with van der Waals surface area (Å²) in [5.41, 5.74) is 0.0990. The molecule has 1 rings (SSSR count). The molecule has 0 saturated heterocycles. The summed E-state index contributed by atoms with van der Waals surface area (Å²) in [5, 5.41) is 1.37. The summed E-state index contributed by atoms with van der Waals surface area (Å²) in [5.74, 6) is -0.496. The highest BCUT2D eigenvalue weighted by atomic mass is 127. The molecular formula is C7H4ClFINO. The summed E-state index contributed by atoms with van der Waals surface area (Å²) in [6.45, 7) is 0. The van der Waals surface area contributed by atoms with Crippen molar-refractivity contribution in [2.45, 2.75) is 0 Å². The number of halogens is 3. The smallest absolute Gasteiger partial charge is 0.310 e. The molecule has 1 N–H and O–H groups in total. The van der Waals surface area contributed by atoms with E-state index in [1.807, 2.05) is 22.6 Å². The zero-order chi connectivity index (χ0) is 9.14. The van der Waals surface area contributed by atoms with Crippen LogP contribution in [0.4, 0.5) is 14.9 Å². The zero-order valence-corrected chi connectivity index (χ0v) is 8.69. The third-order valence-corrected chi connectivity index (χ3v) is 1.93. The summed E-state index contributed by atoms with van der Waals surface area (Å²) in [4.78, 5) is 10.4. The maximum absolute atomic E-state index is 12.9. The quantitative estimate of drug-likeness (QED) is 0.481. The van der Waals surface area contributed by atoms with Crippen LogP contribution in [0.2, 0.25) is 0 Å². The van der Waals surface area contributed by atoms with E-state index in [2.05, 4.69) is 5.32 Å². The van der Waals surface area contributed by atoms with E-state index >= 15 is 0 Å². The monoisotopic (exact) mass is 299 g/mol. The Labute approximate surface area is 87.2 Å². The number of hydrogen-bond acceptors (Lipinski definition) is 1. The molecule has 0 spiro atoms. The van der Waals surface area contributed by atoms with E-state index in [-0.39, 0.29) is 5.69 Å². The van der Waals surface area contributed by atoms with Crippen molar-refractivity contribution in [3.8, 4) is 0 Å². The Hall–Kier alpha value is -0.360. The Balaban J connectivity index is 2.97. The maximum Gasteiger partial charge on any atom is 0.318 e. The van der Waals surface area contributed by atoms with Crippen molar-refractivity contribution >= 4 is 45.2 Å². The van der Waals surface area contributed by atoms with Crippen LogP contribution in [0.5, 0.6) is 0 Å². The number of benzene rings is 1. The van der Waals surface area contributed by atoms with Gasteiger partial charge >= 0.3 is 5.37 Å². The first-order valence-corrected chi connectivity index (χ1v) is 4.47. The minimum Gasteiger partial charge on any atom is -0.310 e. The molecule has 0 aromatic heterocycles. The van der Waals surface area contributed by atoms with E-state index in [0.717, 1.165) is 3.57 Å². The molecule has 0 aliphatic carbocycles. The van der Waals surface area contributed by atoms with Gasteiger partial charge < -0.3 is 5.32 Å². The van der Waals surface area contributed by atoms with Crippen LogP contribution in [-0.4, -0.2) is 5.37 Å². The highest BCUT2D eigenvalue weighted by molar-refractivity contribution is 14.1. The third kappa shape index (κ3) is 2.60. The number of carbonyl (C=O) groups excluding carboxylic acids is 1. The summed E-state index contributed by atoms with van der Waals surface area (Å²) < 4.78 is 13.7. The fraction of sp³-hybridized carbons (Fsp3) is 0. The largest absolute Gasteiger partial charge is 0.318 e. The minimum atomic E-state index is -0.795. The van der Waals surface area contributed by atoms with Gasteiger partial charge in [0.1, 0.15) is 5.82 Å². The topological polar surface area (TPSA) is 29.1 Å². The van der Waals surface area contributed by atoms with Gasteiger partial charge in [0.15, 0.2) is 0 Å². The predicted molar refractivity (Wildman–Crippen MR) is 54.0 cm³/mol. The van der Waals surface area contributed by atoms with Crippen LogP contribution in [0.25, 0.3) is 0 Å². The molecule has 0 saturated carbocycles. The van der Waals surface area contributed by atoms with Gasteiger partial charge in [-0.25, -0.2) is 4.39 Å². The van der Waals surface area contributed by atoms with Crippen LogP contribution in [0.1, 0.15) is 0 Å². The van der Waals surface area contributed by atoms with Crippen molar-refractivity contribution in [1.29, 1.82) is 0 Å². The number of nitrogens with one attached hydrogen (secondary N) is 1. The first-order chi connectivity index (χ1) is 5.59. The molecule has 12 heavy (non-hydrogen) atoms. The van der Waals surface area contributed by atoms with Crippen molar-refractivity contribution in [3.63, 3.8) is 0 Å². The fourth-order valence-electron chi connectivity index (χ4n) is 0.699. The number of amides is 1. The molecule has 5 heteroatoms. The zero-order valence-electron chi connectivity index (χ0n) is 5.77. The second-order valence-electron chi connectivity index (χ2n) is 2.02. The van der Waals surface area contributed by atoms with Crippen LogP contribution < -0.4 is 5.32 Å². The molecule has 0 aliphatic heterocycles. The van der Waals surface area contributed by atoms with Gasteiger partial charge in [-0.2, -0.15) is 0 Å². The number of rotatable bonds is 1. The lowest BCUT2D eigenvalue weighted by molar-refractivity contribution is 0.269. The molecule has 64 valence electrons. The Bertz CT molecular complexity index is 318. The second kappa shape index (κ2) is 4.04. The summed E-state index contributed by atoms with van der Waals surface area (Å²) in [6, 6.07) is 4.36. The first-order valence-electron chi connectivity index (χ1n) is 3.01. The minimum absolute atomic E-state index is 0.0990. The normalized spacial score (nSPS) is 9.58. The van der Waals surface area contributed by atoms with Gasteiger partial charge in [0.25, 0.3) is 0 Å². The van der Waals surface area contributed by atoms with Crippen molar-refractivity contribution in [2.75, 3.05) is 5.32 Å². The first kappa shape index (κ1) is 9.73.